The van der Waals surface area contributed by atoms with Gasteiger partial charge < -0.3 is 9.42 Å². The molecule has 2 aromatic heterocycles. The molecule has 0 radical (unpaired) electrons. The van der Waals surface area contributed by atoms with Gasteiger partial charge in [0.05, 0.1) is 22.3 Å². The van der Waals surface area contributed by atoms with Gasteiger partial charge in [-0.05, 0) is 54.8 Å². The Labute approximate surface area is 166 Å². The van der Waals surface area contributed by atoms with Crippen LogP contribution in [0.1, 0.15) is 27.2 Å². The molecule has 1 amide bonds. The van der Waals surface area contributed by atoms with Crippen molar-refractivity contribution in [2.45, 2.75) is 19.9 Å². The van der Waals surface area contributed by atoms with E-state index in [1.165, 1.54) is 17.7 Å². The third-order valence-electron chi connectivity index (χ3n) is 5.41. The van der Waals surface area contributed by atoms with Crippen LogP contribution in [0.25, 0.3) is 22.4 Å². The summed E-state index contributed by atoms with van der Waals surface area (Å²) in [4.78, 5) is 19.8. The Balaban J connectivity index is 1.59. The zero-order valence-corrected chi connectivity index (χ0v) is 15.9. The molecule has 0 saturated carbocycles. The number of rotatable bonds is 2. The predicted molar refractivity (Wildman–Crippen MR) is 107 cm³/mol. The number of hydrogen-bond acceptors (Lipinski definition) is 4. The summed E-state index contributed by atoms with van der Waals surface area (Å²) in [7, 11) is 0. The summed E-state index contributed by atoms with van der Waals surface area (Å²) in [6.07, 6.45) is 0.823. The molecule has 0 spiro atoms. The number of fused-ring (bicyclic) bond motifs is 2. The highest BCUT2D eigenvalue weighted by Gasteiger charge is 2.26. The van der Waals surface area contributed by atoms with Crippen LogP contribution in [0.4, 0.5) is 4.39 Å². The normalized spacial score (nSPS) is 13.5. The average molecular weight is 387 g/mol. The van der Waals surface area contributed by atoms with Crippen LogP contribution < -0.4 is 0 Å². The van der Waals surface area contributed by atoms with Crippen molar-refractivity contribution in [3.05, 3.63) is 82.8 Å². The number of pyridine rings is 1. The van der Waals surface area contributed by atoms with Crippen LogP contribution in [-0.4, -0.2) is 27.5 Å². The smallest absolute Gasteiger partial charge is 0.259 e. The lowest BCUT2D eigenvalue weighted by Gasteiger charge is -2.29. The average Bonchev–Trinajstić information content (AvgIpc) is 3.13. The van der Waals surface area contributed by atoms with Gasteiger partial charge in [0.1, 0.15) is 5.82 Å². The molecule has 0 unspecified atom stereocenters. The topological polar surface area (TPSA) is 59.2 Å². The number of hydrogen-bond donors (Lipinski definition) is 0. The molecule has 4 aromatic rings. The van der Waals surface area contributed by atoms with Gasteiger partial charge in [-0.1, -0.05) is 29.4 Å². The van der Waals surface area contributed by atoms with Crippen LogP contribution >= 0.6 is 0 Å². The highest BCUT2D eigenvalue weighted by Crippen LogP contribution is 2.29. The first-order chi connectivity index (χ1) is 14.1. The molecule has 1 aliphatic rings. The Morgan fingerprint density at radius 3 is 2.66 bits per heavy atom. The summed E-state index contributed by atoms with van der Waals surface area (Å²) >= 11 is 0. The van der Waals surface area contributed by atoms with Crippen LogP contribution in [0.5, 0.6) is 0 Å². The first-order valence-electron chi connectivity index (χ1n) is 9.49. The Hall–Kier alpha value is -3.54. The van der Waals surface area contributed by atoms with Gasteiger partial charge in [-0.15, -0.1) is 0 Å². The largest absolute Gasteiger partial charge is 0.335 e. The SMILES string of the molecule is Cc1noc2nc(-c3ccc(F)cc3)cc(C(=O)N3CCc4ccccc4C3)c12. The van der Waals surface area contributed by atoms with Gasteiger partial charge in [0, 0.05) is 18.7 Å². The molecule has 2 aromatic carbocycles. The Morgan fingerprint density at radius 1 is 1.10 bits per heavy atom. The van der Waals surface area contributed by atoms with Gasteiger partial charge >= 0.3 is 0 Å². The van der Waals surface area contributed by atoms with Gasteiger partial charge in [-0.2, -0.15) is 0 Å². The molecule has 0 fully saturated rings. The summed E-state index contributed by atoms with van der Waals surface area (Å²) in [5.41, 5.74) is 5.15. The van der Waals surface area contributed by atoms with Crippen LogP contribution in [0.3, 0.4) is 0 Å². The van der Waals surface area contributed by atoms with Gasteiger partial charge in [0.25, 0.3) is 11.6 Å². The first-order valence-corrected chi connectivity index (χ1v) is 9.49. The number of aromatic nitrogens is 2. The van der Waals surface area contributed by atoms with E-state index in [-0.39, 0.29) is 11.7 Å². The van der Waals surface area contributed by atoms with Crippen LogP contribution in [-0.2, 0) is 13.0 Å². The third-order valence-corrected chi connectivity index (χ3v) is 5.41. The van der Waals surface area contributed by atoms with Crippen molar-refractivity contribution < 1.29 is 13.7 Å². The van der Waals surface area contributed by atoms with Crippen molar-refractivity contribution in [3.8, 4) is 11.3 Å². The minimum atomic E-state index is -0.325. The maximum Gasteiger partial charge on any atom is 0.259 e. The number of carbonyl (C=O) groups excluding carboxylic acids is 1. The molecule has 5 rings (SSSR count). The van der Waals surface area contributed by atoms with Crippen LogP contribution in [0.2, 0.25) is 0 Å². The zero-order valence-electron chi connectivity index (χ0n) is 15.9. The number of amides is 1. The van der Waals surface area contributed by atoms with Gasteiger partial charge in [-0.3, -0.25) is 4.79 Å². The fourth-order valence-corrected chi connectivity index (χ4v) is 3.87. The summed E-state index contributed by atoms with van der Waals surface area (Å²) in [6, 6.07) is 16.0. The van der Waals surface area contributed by atoms with Crippen molar-refractivity contribution >= 4 is 17.0 Å². The lowest BCUT2D eigenvalue weighted by Crippen LogP contribution is -2.36. The quantitative estimate of drug-likeness (QED) is 0.507. The predicted octanol–water partition coefficient (Wildman–Crippen LogP) is 4.54. The van der Waals surface area contributed by atoms with Crippen LogP contribution in [0, 0.1) is 12.7 Å². The van der Waals surface area contributed by atoms with Crippen molar-refractivity contribution in [2.75, 3.05) is 6.54 Å². The number of aryl methyl sites for hydroxylation is 1. The van der Waals surface area contributed by atoms with E-state index in [2.05, 4.69) is 22.3 Å². The molecule has 0 saturated heterocycles. The second-order valence-electron chi connectivity index (χ2n) is 7.26. The van der Waals surface area contributed by atoms with Gasteiger partial charge in [0.15, 0.2) is 0 Å². The van der Waals surface area contributed by atoms with E-state index in [9.17, 15) is 9.18 Å². The summed E-state index contributed by atoms with van der Waals surface area (Å²) in [5.74, 6) is -0.407. The molecule has 0 atom stereocenters. The van der Waals surface area contributed by atoms with Gasteiger partial charge in [-0.25, -0.2) is 9.37 Å². The Morgan fingerprint density at radius 2 is 1.86 bits per heavy atom. The second kappa shape index (κ2) is 6.81. The number of benzene rings is 2. The molecule has 144 valence electrons. The molecule has 0 N–H and O–H groups in total. The van der Waals surface area contributed by atoms with Crippen molar-refractivity contribution in [1.82, 2.24) is 15.0 Å². The molecule has 6 heteroatoms. The lowest BCUT2D eigenvalue weighted by molar-refractivity contribution is 0.0736. The highest BCUT2D eigenvalue weighted by molar-refractivity contribution is 6.07. The summed E-state index contributed by atoms with van der Waals surface area (Å²) in [5, 5.41) is 4.63. The monoisotopic (exact) mass is 387 g/mol. The molecule has 0 bridgehead atoms. The standard InChI is InChI=1S/C23H18FN3O2/c1-14-21-19(23(28)27-11-10-15-4-2-3-5-17(15)13-27)12-20(25-22(21)29-26-14)16-6-8-18(24)9-7-16/h2-9,12H,10-11,13H2,1H3. The molecular weight excluding hydrogens is 369 g/mol. The maximum absolute atomic E-state index is 13.5. The molecule has 5 nitrogen and oxygen atoms in total. The Bertz CT molecular complexity index is 1230. The Kier molecular flexibility index (Phi) is 4.12. The van der Waals surface area contributed by atoms with E-state index in [1.807, 2.05) is 17.0 Å². The molecule has 1 aliphatic heterocycles. The van der Waals surface area contributed by atoms with Crippen molar-refractivity contribution in [1.29, 1.82) is 0 Å². The van der Waals surface area contributed by atoms with Gasteiger partial charge in [0.2, 0.25) is 0 Å². The third kappa shape index (κ3) is 3.06. The van der Waals surface area contributed by atoms with E-state index in [4.69, 9.17) is 4.52 Å². The minimum absolute atomic E-state index is 0.0819. The minimum Gasteiger partial charge on any atom is -0.335 e. The van der Waals surface area contributed by atoms with Crippen molar-refractivity contribution in [2.24, 2.45) is 0 Å². The lowest BCUT2D eigenvalue weighted by atomic mass is 9.98. The second-order valence-corrected chi connectivity index (χ2v) is 7.26. The first kappa shape index (κ1) is 17.6. The van der Waals surface area contributed by atoms with E-state index in [0.717, 1.165) is 12.0 Å². The number of nitrogens with zero attached hydrogens (tertiary/aromatic N) is 3. The van der Waals surface area contributed by atoms with Crippen LogP contribution in [0.15, 0.2) is 59.1 Å². The van der Waals surface area contributed by atoms with E-state index in [1.54, 1.807) is 25.1 Å². The van der Waals surface area contributed by atoms with E-state index < -0.39 is 0 Å². The highest BCUT2D eigenvalue weighted by atomic mass is 19.1. The fraction of sp³-hybridized carbons (Fsp3) is 0.174. The summed E-state index contributed by atoms with van der Waals surface area (Å²) in [6.45, 7) is 3.01. The molecule has 29 heavy (non-hydrogen) atoms. The number of carbonyl (C=O) groups is 1. The summed E-state index contributed by atoms with van der Waals surface area (Å²) < 4.78 is 18.7. The van der Waals surface area contributed by atoms with E-state index >= 15 is 0 Å². The fourth-order valence-electron chi connectivity index (χ4n) is 3.87. The molecular formula is C23H18FN3O2. The van der Waals surface area contributed by atoms with Crippen molar-refractivity contribution in [3.63, 3.8) is 0 Å². The molecule has 0 aliphatic carbocycles. The van der Waals surface area contributed by atoms with E-state index in [0.29, 0.717) is 46.7 Å². The number of halogens is 1. The maximum atomic E-state index is 13.5. The molecule has 3 heterocycles. The zero-order chi connectivity index (χ0) is 20.0.